The number of aromatic nitrogens is 1. The number of pyridine rings is 1. The van der Waals surface area contributed by atoms with Gasteiger partial charge in [-0.2, -0.15) is 0 Å². The number of Topliss-reactive ketones (excluding diaryl/α,β-unsaturated/α-hetero) is 1. The van der Waals surface area contributed by atoms with Gasteiger partial charge < -0.3 is 15.2 Å². The van der Waals surface area contributed by atoms with Crippen LogP contribution in [0.25, 0.3) is 0 Å². The van der Waals surface area contributed by atoms with Crippen molar-refractivity contribution in [3.05, 3.63) is 58.9 Å². The Bertz CT molecular complexity index is 913. The van der Waals surface area contributed by atoms with Crippen LogP contribution in [-0.4, -0.2) is 24.0 Å². The van der Waals surface area contributed by atoms with Gasteiger partial charge in [-0.1, -0.05) is 18.2 Å². The second-order valence-electron chi connectivity index (χ2n) is 8.31. The number of methoxy groups -OCH3 is 1. The van der Waals surface area contributed by atoms with Crippen molar-refractivity contribution in [2.45, 2.75) is 57.0 Å². The summed E-state index contributed by atoms with van der Waals surface area (Å²) < 4.78 is 10.1. The molecule has 2 N–H and O–H groups in total. The van der Waals surface area contributed by atoms with E-state index in [9.17, 15) is 9.59 Å². The van der Waals surface area contributed by atoms with Crippen LogP contribution in [0.15, 0.2) is 36.4 Å². The highest BCUT2D eigenvalue weighted by molar-refractivity contribution is 5.97. The minimum atomic E-state index is -0.840. The molecule has 2 aliphatic carbocycles. The molecule has 0 aliphatic heterocycles. The van der Waals surface area contributed by atoms with Gasteiger partial charge in [0.2, 0.25) is 0 Å². The molecule has 1 heterocycles. The number of rotatable bonds is 7. The first-order valence-electron chi connectivity index (χ1n) is 10.7. The fourth-order valence-electron chi connectivity index (χ4n) is 4.42. The minimum absolute atomic E-state index is 0.00296. The number of hydrogen-bond acceptors (Lipinski definition) is 5. The number of ether oxygens (including phenoxy) is 2. The zero-order valence-electron chi connectivity index (χ0n) is 17.3. The lowest BCUT2D eigenvalue weighted by Gasteiger charge is -2.28. The van der Waals surface area contributed by atoms with Crippen molar-refractivity contribution in [3.8, 4) is 5.75 Å². The average Bonchev–Trinajstić information content (AvgIpc) is 3.62. The van der Waals surface area contributed by atoms with Crippen LogP contribution in [0.4, 0.5) is 4.79 Å². The summed E-state index contributed by atoms with van der Waals surface area (Å²) in [6.45, 7) is -0.00916. The van der Waals surface area contributed by atoms with Gasteiger partial charge in [0.1, 0.15) is 18.1 Å². The normalized spacial score (nSPS) is 21.1. The number of nitrogens with two attached hydrogens (primary N) is 1. The molecule has 0 bridgehead atoms. The molecule has 6 nitrogen and oxygen atoms in total. The molecule has 0 saturated heterocycles. The Morgan fingerprint density at radius 2 is 1.63 bits per heavy atom. The van der Waals surface area contributed by atoms with E-state index in [4.69, 9.17) is 15.2 Å². The van der Waals surface area contributed by atoms with Crippen molar-refractivity contribution < 1.29 is 19.1 Å². The van der Waals surface area contributed by atoms with Gasteiger partial charge in [0.25, 0.3) is 0 Å². The van der Waals surface area contributed by atoms with Crippen LogP contribution >= 0.6 is 0 Å². The second-order valence-corrected chi connectivity index (χ2v) is 8.31. The Morgan fingerprint density at radius 3 is 2.23 bits per heavy atom. The lowest BCUT2D eigenvalue weighted by atomic mass is 9.76. The summed E-state index contributed by atoms with van der Waals surface area (Å²) in [6.07, 6.45) is 5.07. The SMILES string of the molecule is COc1ccc(C2CCC(C(=O)c3nc(COC(N)=O)ccc3C3CC3)CC2)cc1. The number of carbonyl (C=O) groups is 2. The van der Waals surface area contributed by atoms with Gasteiger partial charge in [-0.05, 0) is 79.7 Å². The zero-order chi connectivity index (χ0) is 21.1. The van der Waals surface area contributed by atoms with E-state index in [1.807, 2.05) is 24.3 Å². The van der Waals surface area contributed by atoms with E-state index in [0.29, 0.717) is 23.2 Å². The molecule has 2 saturated carbocycles. The summed E-state index contributed by atoms with van der Waals surface area (Å²) in [7, 11) is 1.67. The van der Waals surface area contributed by atoms with Crippen LogP contribution in [0.5, 0.6) is 5.75 Å². The van der Waals surface area contributed by atoms with Gasteiger partial charge in [-0.25, -0.2) is 9.78 Å². The van der Waals surface area contributed by atoms with Gasteiger partial charge in [0, 0.05) is 5.92 Å². The van der Waals surface area contributed by atoms with Crippen LogP contribution in [0.1, 0.15) is 77.7 Å². The standard InChI is InChI=1S/C24H28N2O4/c1-29-20-11-8-16(9-12-20)15-2-6-18(7-3-15)23(27)22-21(17-4-5-17)13-10-19(26-22)14-30-24(25)28/h8-13,15,17-18H,2-7,14H2,1H3,(H2,25,28). The summed E-state index contributed by atoms with van der Waals surface area (Å²) >= 11 is 0. The van der Waals surface area contributed by atoms with Crippen LogP contribution in [0.3, 0.4) is 0 Å². The highest BCUT2D eigenvalue weighted by atomic mass is 16.5. The molecule has 1 amide bonds. The highest BCUT2D eigenvalue weighted by Gasteiger charge is 2.34. The Labute approximate surface area is 176 Å². The quantitative estimate of drug-likeness (QED) is 0.669. The van der Waals surface area contributed by atoms with Gasteiger partial charge in [0.15, 0.2) is 5.78 Å². The van der Waals surface area contributed by atoms with Gasteiger partial charge in [-0.3, -0.25) is 4.79 Å². The lowest BCUT2D eigenvalue weighted by Crippen LogP contribution is -2.24. The Balaban J connectivity index is 1.45. The van der Waals surface area contributed by atoms with Crippen molar-refractivity contribution >= 4 is 11.9 Å². The van der Waals surface area contributed by atoms with E-state index in [2.05, 4.69) is 17.1 Å². The van der Waals surface area contributed by atoms with Crippen LogP contribution < -0.4 is 10.5 Å². The monoisotopic (exact) mass is 408 g/mol. The molecule has 4 rings (SSSR count). The summed E-state index contributed by atoms with van der Waals surface area (Å²) in [5.74, 6) is 1.90. The van der Waals surface area contributed by atoms with E-state index in [-0.39, 0.29) is 18.3 Å². The van der Waals surface area contributed by atoms with E-state index >= 15 is 0 Å². The number of hydrogen-bond donors (Lipinski definition) is 1. The van der Waals surface area contributed by atoms with E-state index in [0.717, 1.165) is 49.8 Å². The molecule has 158 valence electrons. The number of ketones is 1. The van der Waals surface area contributed by atoms with Crippen molar-refractivity contribution in [2.24, 2.45) is 11.7 Å². The number of primary amides is 1. The molecule has 2 aliphatic rings. The first-order chi connectivity index (χ1) is 14.5. The van der Waals surface area contributed by atoms with E-state index in [1.54, 1.807) is 7.11 Å². The minimum Gasteiger partial charge on any atom is -0.497 e. The molecule has 30 heavy (non-hydrogen) atoms. The average molecular weight is 408 g/mol. The van der Waals surface area contributed by atoms with Crippen LogP contribution in [0.2, 0.25) is 0 Å². The number of amides is 1. The molecule has 2 aromatic rings. The molecular formula is C24H28N2O4. The maximum absolute atomic E-state index is 13.4. The lowest BCUT2D eigenvalue weighted by molar-refractivity contribution is 0.0876. The molecule has 2 fully saturated rings. The smallest absolute Gasteiger partial charge is 0.404 e. The fourth-order valence-corrected chi connectivity index (χ4v) is 4.42. The van der Waals surface area contributed by atoms with E-state index in [1.165, 1.54) is 5.56 Å². The van der Waals surface area contributed by atoms with Crippen molar-refractivity contribution in [1.29, 1.82) is 0 Å². The predicted octanol–water partition coefficient (Wildman–Crippen LogP) is 4.72. The summed E-state index contributed by atoms with van der Waals surface area (Å²) in [6, 6.07) is 12.0. The van der Waals surface area contributed by atoms with Crippen LogP contribution in [0, 0.1) is 5.92 Å². The van der Waals surface area contributed by atoms with Gasteiger partial charge in [-0.15, -0.1) is 0 Å². The topological polar surface area (TPSA) is 91.5 Å². The Hall–Kier alpha value is -2.89. The fraction of sp³-hybridized carbons (Fsp3) is 0.458. The second kappa shape index (κ2) is 8.86. The molecule has 0 unspecified atom stereocenters. The molecule has 6 heteroatoms. The molecule has 1 aromatic carbocycles. The molecule has 1 aromatic heterocycles. The maximum atomic E-state index is 13.4. The molecular weight excluding hydrogens is 380 g/mol. The maximum Gasteiger partial charge on any atom is 0.404 e. The van der Waals surface area contributed by atoms with Gasteiger partial charge in [0.05, 0.1) is 12.8 Å². The molecule has 0 spiro atoms. The number of benzene rings is 1. The Morgan fingerprint density at radius 1 is 0.967 bits per heavy atom. The third-order valence-electron chi connectivity index (χ3n) is 6.28. The first-order valence-corrected chi connectivity index (χ1v) is 10.7. The highest BCUT2D eigenvalue weighted by Crippen LogP contribution is 2.43. The summed E-state index contributed by atoms with van der Waals surface area (Å²) in [4.78, 5) is 28.8. The van der Waals surface area contributed by atoms with Crippen LogP contribution in [-0.2, 0) is 11.3 Å². The first kappa shape index (κ1) is 20.4. The summed E-state index contributed by atoms with van der Waals surface area (Å²) in [5.41, 5.74) is 8.54. The summed E-state index contributed by atoms with van der Waals surface area (Å²) in [5, 5.41) is 0. The van der Waals surface area contributed by atoms with Gasteiger partial charge >= 0.3 is 6.09 Å². The predicted molar refractivity (Wildman–Crippen MR) is 113 cm³/mol. The molecule has 0 atom stereocenters. The zero-order valence-corrected chi connectivity index (χ0v) is 17.3. The van der Waals surface area contributed by atoms with Crippen molar-refractivity contribution in [1.82, 2.24) is 4.98 Å². The molecule has 0 radical (unpaired) electrons. The van der Waals surface area contributed by atoms with E-state index < -0.39 is 6.09 Å². The number of nitrogens with zero attached hydrogens (tertiary/aromatic N) is 1. The third kappa shape index (κ3) is 4.64. The number of carbonyl (C=O) groups excluding carboxylic acids is 2. The third-order valence-corrected chi connectivity index (χ3v) is 6.28. The largest absolute Gasteiger partial charge is 0.497 e. The van der Waals surface area contributed by atoms with Crippen molar-refractivity contribution in [2.75, 3.05) is 7.11 Å². The van der Waals surface area contributed by atoms with Crippen molar-refractivity contribution in [3.63, 3.8) is 0 Å². The Kier molecular flexibility index (Phi) is 6.02.